The number of halogens is 6. The van der Waals surface area contributed by atoms with Crippen molar-refractivity contribution in [2.45, 2.75) is 181 Å². The van der Waals surface area contributed by atoms with Gasteiger partial charge in [-0.1, -0.05) is 116 Å². The summed E-state index contributed by atoms with van der Waals surface area (Å²) in [5.41, 5.74) is 35.6. The molecule has 688 valence electrons. The SMILES string of the molecule is C=C1CCc2cc(C3=CN=C(C)C3)ccc2C1.CC1=C(F)N=C(c2ccc3c(C)noc3c2)C1.CC1=CN=C(c2ccc3c(C)noc3c2)C1.CC1=NC(F)=C(c2ccc3c(C)noc3c2)C1.CC1=NC(F)=C(c2ccc3c(C)noc3c2F)C1.CC1=NC=C(c2ccc3c(C)noc3c2)C1.CC1=NC=C(c2ccc3c(C)noc3c2F)C1.CCc1noc2cc(C3=C(F)N=C(C)C3)ccc12. The van der Waals surface area contributed by atoms with Crippen LogP contribution in [0.15, 0.2) is 277 Å². The first kappa shape index (κ1) is 92.5. The van der Waals surface area contributed by atoms with E-state index in [2.05, 4.69) is 133 Å². The molecule has 0 spiro atoms. The molecular formula is C108H97F6N15O7. The van der Waals surface area contributed by atoms with E-state index in [0.29, 0.717) is 93.6 Å². The lowest BCUT2D eigenvalue weighted by molar-refractivity contribution is 0.435. The van der Waals surface area contributed by atoms with Crippen LogP contribution < -0.4 is 0 Å². The van der Waals surface area contributed by atoms with Gasteiger partial charge in [0.1, 0.15) is 0 Å². The molecule has 9 aliphatic rings. The van der Waals surface area contributed by atoms with Gasteiger partial charge in [0.15, 0.2) is 39.5 Å². The minimum absolute atomic E-state index is 0.0647. The van der Waals surface area contributed by atoms with Crippen molar-refractivity contribution in [2.75, 3.05) is 0 Å². The van der Waals surface area contributed by atoms with E-state index in [1.807, 2.05) is 160 Å². The van der Waals surface area contributed by atoms with Gasteiger partial charge in [0, 0.05) is 187 Å². The Hall–Kier alpha value is -15.4. The topological polar surface area (TPSA) is 281 Å². The minimum atomic E-state index is -0.623. The Morgan fingerprint density at radius 3 is 1.12 bits per heavy atom. The molecule has 0 unspecified atom stereocenters. The van der Waals surface area contributed by atoms with Crippen molar-refractivity contribution in [1.82, 2.24) is 36.1 Å². The van der Waals surface area contributed by atoms with Gasteiger partial charge in [0.05, 0.1) is 51.3 Å². The number of nitrogens with zero attached hydrogens (tertiary/aromatic N) is 15. The van der Waals surface area contributed by atoms with Crippen molar-refractivity contribution in [3.63, 3.8) is 0 Å². The maximum absolute atomic E-state index is 14.2. The third-order valence-corrected chi connectivity index (χ3v) is 24.7. The zero-order valence-corrected chi connectivity index (χ0v) is 78.0. The Morgan fingerprint density at radius 1 is 0.294 bits per heavy atom. The van der Waals surface area contributed by atoms with E-state index in [0.717, 1.165) is 179 Å². The quantitative estimate of drug-likeness (QED) is 0.0738. The summed E-state index contributed by atoms with van der Waals surface area (Å²) in [7, 11) is 0. The predicted molar refractivity (Wildman–Crippen MR) is 528 cm³/mol. The predicted octanol–water partition coefficient (Wildman–Crippen LogP) is 28.8. The second-order valence-corrected chi connectivity index (χ2v) is 35.2. The van der Waals surface area contributed by atoms with Gasteiger partial charge in [-0.15, -0.1) is 0 Å². The molecule has 28 heteroatoms. The van der Waals surface area contributed by atoms with Gasteiger partial charge in [0.2, 0.25) is 35.0 Å². The fraction of sp³-hybridized carbons (Fsp3) is 0.250. The van der Waals surface area contributed by atoms with Crippen LogP contribution in [0.3, 0.4) is 0 Å². The molecule has 8 aromatic carbocycles. The number of aromatic nitrogens is 7. The molecule has 0 fully saturated rings. The van der Waals surface area contributed by atoms with Gasteiger partial charge in [0.25, 0.3) is 0 Å². The normalized spacial score (nSPS) is 16.0. The first-order chi connectivity index (χ1) is 65.4. The average Bonchev–Trinajstić information content (AvgIpc) is 1.64. The van der Waals surface area contributed by atoms with E-state index in [9.17, 15) is 26.3 Å². The van der Waals surface area contributed by atoms with Crippen molar-refractivity contribution in [3.8, 4) is 0 Å². The molecular weight excluding hydrogens is 1730 g/mol. The van der Waals surface area contributed by atoms with Crippen molar-refractivity contribution in [1.29, 1.82) is 0 Å². The molecule has 8 aliphatic heterocycles. The first-order valence-electron chi connectivity index (χ1n) is 44.8. The van der Waals surface area contributed by atoms with Crippen LogP contribution in [-0.2, 0) is 19.3 Å². The lowest BCUT2D eigenvalue weighted by Gasteiger charge is -2.18. The van der Waals surface area contributed by atoms with E-state index >= 15 is 0 Å². The highest BCUT2D eigenvalue weighted by atomic mass is 19.2. The lowest BCUT2D eigenvalue weighted by Crippen LogP contribution is -2.05. The van der Waals surface area contributed by atoms with Crippen LogP contribution in [0.5, 0.6) is 0 Å². The molecule has 7 aromatic heterocycles. The van der Waals surface area contributed by atoms with Gasteiger partial charge >= 0.3 is 0 Å². The zero-order chi connectivity index (χ0) is 95.6. The molecule has 0 saturated carbocycles. The van der Waals surface area contributed by atoms with Crippen LogP contribution in [0.1, 0.15) is 216 Å². The molecule has 0 saturated heterocycles. The van der Waals surface area contributed by atoms with E-state index in [4.69, 9.17) is 31.7 Å². The number of hydrogen-bond donors (Lipinski definition) is 0. The number of allylic oxidation sites excluding steroid dienone is 9. The van der Waals surface area contributed by atoms with E-state index in [-0.39, 0.29) is 40.0 Å². The Bertz CT molecular complexity index is 7850. The number of aliphatic imine (C=N–C) groups is 8. The summed E-state index contributed by atoms with van der Waals surface area (Å²) in [6, 6.07) is 43.1. The highest BCUT2D eigenvalue weighted by molar-refractivity contribution is 6.08. The number of aryl methyl sites for hydroxylation is 8. The van der Waals surface area contributed by atoms with E-state index < -0.39 is 17.7 Å². The van der Waals surface area contributed by atoms with Gasteiger partial charge in [-0.05, 0) is 257 Å². The monoisotopic (exact) mass is 1830 g/mol. The Kier molecular flexibility index (Phi) is 26.8. The average molecular weight is 1830 g/mol. The van der Waals surface area contributed by atoms with Gasteiger partial charge in [-0.3, -0.25) is 20.0 Å². The Morgan fingerprint density at radius 2 is 0.676 bits per heavy atom. The van der Waals surface area contributed by atoms with Crippen LogP contribution >= 0.6 is 0 Å². The van der Waals surface area contributed by atoms with Crippen LogP contribution in [0.2, 0.25) is 0 Å². The van der Waals surface area contributed by atoms with Crippen molar-refractivity contribution in [3.05, 3.63) is 312 Å². The molecule has 15 heterocycles. The fourth-order valence-corrected chi connectivity index (χ4v) is 17.1. The minimum Gasteiger partial charge on any atom is -0.356 e. The molecule has 0 amide bonds. The zero-order valence-electron chi connectivity index (χ0n) is 78.0. The number of rotatable bonds is 9. The standard InChI is InChI=1S/C16H17N.C14H13FN2O.C13H10F2N2O.3C13H11FN2O.2C13H12N2O/c1-11-3-4-14-9-15(6-5-13(14)7-11)16-8-12(2)17-10-16;1-3-12-10-5-4-9(7-13(10)18-17-12)11-6-8(2)16-14(11)15;1-6-5-10(13(15)16-6)9-4-3-8-7(2)17-18-12(8)11(9)14;1-7-5-9(6-15-7)11-4-3-10-8(2)16-17-13(10)12(11)14;1-7-5-11(13(14)15-7)9-3-4-10-8(2)16-17-12(10)6-9;1-7-5-11(15-13(7)14)9-3-4-10-8(2)16-17-12(10)6-9;1-8-5-11(7-14-8)10-3-4-12-9(2)15-16-13(12)6-10;1-8-5-12(14-7-8)10-3-4-11-9(2)15-16-13(11)6-10/h5-6,9-10H,1,3-4,7-8H2,2H3;4-5,7H,3,6H2,1-2H3;3-4H,5H2,1-2H3;3*3-4,6H,5H2,1-2H3;2*3-4,6-7H,5H2,1-2H3. The summed E-state index contributed by atoms with van der Waals surface area (Å²) < 4.78 is 119. The number of benzene rings is 8. The largest absolute Gasteiger partial charge is 0.356 e. The molecule has 0 N–H and O–H groups in total. The van der Waals surface area contributed by atoms with Crippen molar-refractivity contribution in [2.24, 2.45) is 39.9 Å². The van der Waals surface area contributed by atoms with Gasteiger partial charge in [-0.25, -0.2) is 28.8 Å². The highest BCUT2D eigenvalue weighted by Crippen LogP contribution is 2.41. The van der Waals surface area contributed by atoms with Crippen LogP contribution in [0, 0.1) is 53.2 Å². The summed E-state index contributed by atoms with van der Waals surface area (Å²) in [5, 5.41) is 33.6. The maximum atomic E-state index is 14.2. The number of hydrogen-bond acceptors (Lipinski definition) is 22. The second kappa shape index (κ2) is 39.4. The van der Waals surface area contributed by atoms with Crippen molar-refractivity contribution < 1.29 is 58.0 Å². The summed E-state index contributed by atoms with van der Waals surface area (Å²) in [5.74, 6) is -2.70. The smallest absolute Gasteiger partial charge is 0.217 e. The van der Waals surface area contributed by atoms with Crippen LogP contribution in [-0.4, -0.2) is 81.8 Å². The molecule has 0 bridgehead atoms. The molecule has 24 rings (SSSR count). The van der Waals surface area contributed by atoms with Gasteiger partial charge in [-0.2, -0.15) is 17.6 Å². The van der Waals surface area contributed by atoms with Gasteiger partial charge < -0.3 is 31.7 Å². The summed E-state index contributed by atoms with van der Waals surface area (Å²) in [6.07, 6.45) is 17.3. The summed E-state index contributed by atoms with van der Waals surface area (Å²) >= 11 is 0. The number of fused-ring (bicyclic) bond motifs is 8. The maximum Gasteiger partial charge on any atom is 0.217 e. The summed E-state index contributed by atoms with van der Waals surface area (Å²) in [6.45, 7) is 32.6. The Labute approximate surface area is 779 Å². The molecule has 1 aliphatic carbocycles. The fourth-order valence-electron chi connectivity index (χ4n) is 17.1. The lowest BCUT2D eigenvalue weighted by atomic mass is 9.86. The second-order valence-electron chi connectivity index (χ2n) is 35.2. The van der Waals surface area contributed by atoms with Crippen LogP contribution in [0.4, 0.5) is 26.3 Å². The van der Waals surface area contributed by atoms with E-state index in [1.165, 1.54) is 50.3 Å². The third kappa shape index (κ3) is 20.0. The molecule has 15 aromatic rings. The molecule has 0 radical (unpaired) electrons. The Balaban J connectivity index is 0.000000108. The molecule has 136 heavy (non-hydrogen) atoms. The van der Waals surface area contributed by atoms with E-state index in [1.54, 1.807) is 52.1 Å². The molecule has 22 nitrogen and oxygen atoms in total. The first-order valence-corrected chi connectivity index (χ1v) is 44.8. The van der Waals surface area contributed by atoms with Crippen LogP contribution in [0.25, 0.3) is 110 Å². The third-order valence-electron chi connectivity index (χ3n) is 24.7. The molecule has 0 atom stereocenters. The highest BCUT2D eigenvalue weighted by Gasteiger charge is 2.27. The van der Waals surface area contributed by atoms with Crippen molar-refractivity contribution >= 4 is 156 Å². The summed E-state index contributed by atoms with van der Waals surface area (Å²) in [4.78, 5) is 32.5.